The van der Waals surface area contributed by atoms with Gasteiger partial charge >= 0.3 is 0 Å². The minimum atomic E-state index is 0.280. The second-order valence-corrected chi connectivity index (χ2v) is 7.36. The molecule has 0 radical (unpaired) electrons. The second kappa shape index (κ2) is 9.12. The largest absolute Gasteiger partial charge is 0.496 e. The highest BCUT2D eigenvalue weighted by molar-refractivity contribution is 5.55. The summed E-state index contributed by atoms with van der Waals surface area (Å²) in [7, 11) is 3.54. The summed E-state index contributed by atoms with van der Waals surface area (Å²) in [6.45, 7) is 10.9. The van der Waals surface area contributed by atoms with Gasteiger partial charge in [0.15, 0.2) is 0 Å². The molecule has 0 saturated heterocycles. The molecular formula is C23H34O2. The van der Waals surface area contributed by atoms with E-state index in [1.807, 2.05) is 0 Å². The Kier molecular flexibility index (Phi) is 7.16. The molecule has 0 amide bonds. The van der Waals surface area contributed by atoms with Gasteiger partial charge in [-0.15, -0.1) is 0 Å². The fourth-order valence-corrected chi connectivity index (χ4v) is 4.03. The van der Waals surface area contributed by atoms with Gasteiger partial charge in [-0.25, -0.2) is 0 Å². The highest BCUT2D eigenvalue weighted by atomic mass is 16.5. The van der Waals surface area contributed by atoms with Crippen molar-refractivity contribution < 1.29 is 9.47 Å². The molecule has 0 N–H and O–H groups in total. The summed E-state index contributed by atoms with van der Waals surface area (Å²) >= 11 is 0. The van der Waals surface area contributed by atoms with Crippen molar-refractivity contribution in [2.45, 2.75) is 65.2 Å². The SMILES string of the molecule is C=C(C)[C@@H]1CCC(C)=C[C@H]1c1c(OC)ccc(CCCCC)c1OC. The normalized spacial score (nSPS) is 20.1. The first kappa shape index (κ1) is 19.6. The second-order valence-electron chi connectivity index (χ2n) is 7.36. The van der Waals surface area contributed by atoms with E-state index in [1.54, 1.807) is 14.2 Å². The summed E-state index contributed by atoms with van der Waals surface area (Å²) in [6, 6.07) is 4.29. The first-order valence-corrected chi connectivity index (χ1v) is 9.59. The molecular weight excluding hydrogens is 308 g/mol. The van der Waals surface area contributed by atoms with Crippen LogP contribution in [-0.2, 0) is 6.42 Å². The van der Waals surface area contributed by atoms with E-state index in [9.17, 15) is 0 Å². The molecule has 138 valence electrons. The first-order chi connectivity index (χ1) is 12.0. The van der Waals surface area contributed by atoms with Crippen molar-refractivity contribution in [1.82, 2.24) is 0 Å². The predicted octanol–water partition coefficient (Wildman–Crippen LogP) is 6.45. The summed E-state index contributed by atoms with van der Waals surface area (Å²) in [6.07, 6.45) is 9.43. The Labute approximate surface area is 153 Å². The number of hydrogen-bond acceptors (Lipinski definition) is 2. The maximum atomic E-state index is 5.93. The van der Waals surface area contributed by atoms with Crippen LogP contribution in [0.3, 0.4) is 0 Å². The number of aryl methyl sites for hydroxylation is 1. The zero-order valence-corrected chi connectivity index (χ0v) is 16.7. The zero-order valence-electron chi connectivity index (χ0n) is 16.7. The van der Waals surface area contributed by atoms with Crippen molar-refractivity contribution in [3.05, 3.63) is 47.1 Å². The van der Waals surface area contributed by atoms with Crippen LogP contribution in [0, 0.1) is 5.92 Å². The monoisotopic (exact) mass is 342 g/mol. The third-order valence-corrected chi connectivity index (χ3v) is 5.42. The fraction of sp³-hybridized carbons (Fsp3) is 0.565. The van der Waals surface area contributed by atoms with Crippen LogP contribution in [0.25, 0.3) is 0 Å². The van der Waals surface area contributed by atoms with Gasteiger partial charge in [0.25, 0.3) is 0 Å². The van der Waals surface area contributed by atoms with Crippen LogP contribution in [0.1, 0.15) is 69.9 Å². The molecule has 0 unspecified atom stereocenters. The number of ether oxygens (including phenoxy) is 2. The molecule has 2 rings (SSSR count). The highest BCUT2D eigenvalue weighted by Crippen LogP contribution is 2.47. The van der Waals surface area contributed by atoms with Gasteiger partial charge in [0.05, 0.1) is 14.2 Å². The van der Waals surface area contributed by atoms with Crippen LogP contribution >= 0.6 is 0 Å². The number of rotatable bonds is 8. The molecule has 2 atom stereocenters. The zero-order chi connectivity index (χ0) is 18.4. The Morgan fingerprint density at radius 3 is 2.56 bits per heavy atom. The molecule has 0 heterocycles. The highest BCUT2D eigenvalue weighted by Gasteiger charge is 2.31. The van der Waals surface area contributed by atoms with Crippen LogP contribution in [-0.4, -0.2) is 14.2 Å². The van der Waals surface area contributed by atoms with Crippen LogP contribution in [0.2, 0.25) is 0 Å². The van der Waals surface area contributed by atoms with E-state index in [0.29, 0.717) is 5.92 Å². The van der Waals surface area contributed by atoms with Gasteiger partial charge in [0.2, 0.25) is 0 Å². The molecule has 0 fully saturated rings. The third-order valence-electron chi connectivity index (χ3n) is 5.42. The molecule has 1 aliphatic rings. The van der Waals surface area contributed by atoms with E-state index in [1.165, 1.54) is 41.5 Å². The summed E-state index contributed by atoms with van der Waals surface area (Å²) in [4.78, 5) is 0. The van der Waals surface area contributed by atoms with Gasteiger partial charge in [-0.3, -0.25) is 0 Å². The number of methoxy groups -OCH3 is 2. The Hall–Kier alpha value is -1.70. The Morgan fingerprint density at radius 1 is 1.20 bits per heavy atom. The summed E-state index contributed by atoms with van der Waals surface area (Å²) in [5, 5.41) is 0. The van der Waals surface area contributed by atoms with E-state index >= 15 is 0 Å². The van der Waals surface area contributed by atoms with Crippen molar-refractivity contribution in [3.63, 3.8) is 0 Å². The van der Waals surface area contributed by atoms with E-state index in [4.69, 9.17) is 9.47 Å². The maximum Gasteiger partial charge on any atom is 0.129 e. The smallest absolute Gasteiger partial charge is 0.129 e. The molecule has 1 aliphatic carbocycles. The molecule has 2 heteroatoms. The van der Waals surface area contributed by atoms with Crippen molar-refractivity contribution in [2.24, 2.45) is 5.92 Å². The minimum Gasteiger partial charge on any atom is -0.496 e. The van der Waals surface area contributed by atoms with Crippen LogP contribution < -0.4 is 9.47 Å². The van der Waals surface area contributed by atoms with Crippen molar-refractivity contribution >= 4 is 0 Å². The van der Waals surface area contributed by atoms with E-state index < -0.39 is 0 Å². The molecule has 0 aliphatic heterocycles. The lowest BCUT2D eigenvalue weighted by Gasteiger charge is -2.33. The number of allylic oxidation sites excluding steroid dienone is 3. The van der Waals surface area contributed by atoms with Crippen molar-refractivity contribution in [3.8, 4) is 11.5 Å². The summed E-state index contributed by atoms with van der Waals surface area (Å²) < 4.78 is 11.7. The van der Waals surface area contributed by atoms with Gasteiger partial charge in [-0.1, -0.05) is 49.6 Å². The lowest BCUT2D eigenvalue weighted by molar-refractivity contribution is 0.365. The molecule has 0 aromatic heterocycles. The molecule has 1 aromatic carbocycles. The number of unbranched alkanes of at least 4 members (excludes halogenated alkanes) is 2. The topological polar surface area (TPSA) is 18.5 Å². The van der Waals surface area contributed by atoms with Gasteiger partial charge < -0.3 is 9.47 Å². The lowest BCUT2D eigenvalue weighted by atomic mass is 9.73. The van der Waals surface area contributed by atoms with Crippen molar-refractivity contribution in [1.29, 1.82) is 0 Å². The van der Waals surface area contributed by atoms with Crippen LogP contribution in [0.15, 0.2) is 35.9 Å². The Bertz CT molecular complexity index is 627. The maximum absolute atomic E-state index is 5.93. The lowest BCUT2D eigenvalue weighted by Crippen LogP contribution is -2.18. The van der Waals surface area contributed by atoms with Crippen LogP contribution in [0.4, 0.5) is 0 Å². The Balaban J connectivity index is 2.53. The summed E-state index contributed by atoms with van der Waals surface area (Å²) in [5.74, 6) is 2.66. The molecule has 1 aromatic rings. The fourth-order valence-electron chi connectivity index (χ4n) is 4.03. The van der Waals surface area contributed by atoms with Gasteiger partial charge in [0, 0.05) is 11.5 Å². The average molecular weight is 343 g/mol. The van der Waals surface area contributed by atoms with E-state index in [-0.39, 0.29) is 5.92 Å². The number of benzene rings is 1. The number of hydrogen-bond donors (Lipinski definition) is 0. The third kappa shape index (κ3) is 4.48. The molecule has 0 bridgehead atoms. The van der Waals surface area contributed by atoms with E-state index in [0.717, 1.165) is 30.8 Å². The first-order valence-electron chi connectivity index (χ1n) is 9.59. The standard InChI is InChI=1S/C23H34O2/c1-7-8-9-10-18-12-14-21(24-5)22(23(18)25-6)20-15-17(4)11-13-19(20)16(2)3/h12,14-15,19-20H,2,7-11,13H2,1,3-6H3/t19-,20+/m0/s1. The van der Waals surface area contributed by atoms with Crippen molar-refractivity contribution in [2.75, 3.05) is 14.2 Å². The van der Waals surface area contributed by atoms with E-state index in [2.05, 4.69) is 45.6 Å². The van der Waals surface area contributed by atoms with Gasteiger partial charge in [-0.05, 0) is 57.1 Å². The minimum absolute atomic E-state index is 0.280. The average Bonchev–Trinajstić information content (AvgIpc) is 2.60. The predicted molar refractivity (Wildman–Crippen MR) is 107 cm³/mol. The molecule has 25 heavy (non-hydrogen) atoms. The molecule has 2 nitrogen and oxygen atoms in total. The van der Waals surface area contributed by atoms with Gasteiger partial charge in [0.1, 0.15) is 11.5 Å². The molecule has 0 spiro atoms. The quantitative estimate of drug-likeness (QED) is 0.399. The van der Waals surface area contributed by atoms with Gasteiger partial charge in [-0.2, -0.15) is 0 Å². The Morgan fingerprint density at radius 2 is 1.96 bits per heavy atom. The molecule has 0 saturated carbocycles. The van der Waals surface area contributed by atoms with Crippen LogP contribution in [0.5, 0.6) is 11.5 Å². The summed E-state index contributed by atoms with van der Waals surface area (Å²) in [5.41, 5.74) is 5.19.